The maximum Gasteiger partial charge on any atom is 0.251 e. The van der Waals surface area contributed by atoms with Gasteiger partial charge in [-0.25, -0.2) is 0 Å². The number of nitrogens with zero attached hydrogens (tertiary/aromatic N) is 1. The smallest absolute Gasteiger partial charge is 0.251 e. The van der Waals surface area contributed by atoms with Crippen LogP contribution in [-0.2, 0) is 16.8 Å². The number of hydrogen-bond acceptors (Lipinski definition) is 2. The van der Waals surface area contributed by atoms with E-state index in [1.54, 1.807) is 31.1 Å². The molecule has 2 rings (SSSR count). The minimum absolute atomic E-state index is 0.0593. The molecule has 0 aliphatic carbocycles. The highest BCUT2D eigenvalue weighted by atomic mass is 16.2. The molecule has 0 saturated carbocycles. The van der Waals surface area contributed by atoms with Gasteiger partial charge in [0.25, 0.3) is 5.91 Å². The number of amides is 2. The maximum absolute atomic E-state index is 12.9. The minimum Gasteiger partial charge on any atom is -0.355 e. The van der Waals surface area contributed by atoms with Gasteiger partial charge in [0.05, 0.1) is 5.41 Å². The fraction of sp³-hybridized carbons (Fsp3) is 0.300. The lowest BCUT2D eigenvalue weighted by molar-refractivity contribution is -0.135. The summed E-state index contributed by atoms with van der Waals surface area (Å²) in [5, 5.41) is 2.59. The van der Waals surface area contributed by atoms with Crippen molar-refractivity contribution in [1.29, 1.82) is 0 Å². The van der Waals surface area contributed by atoms with Crippen LogP contribution in [0.2, 0.25) is 0 Å². The fourth-order valence-corrected chi connectivity index (χ4v) is 2.71. The molecule has 0 aromatic heterocycles. The summed E-state index contributed by atoms with van der Waals surface area (Å²) in [5.41, 5.74) is 2.01. The molecule has 0 aliphatic heterocycles. The molecule has 0 fully saturated rings. The average molecular weight is 324 g/mol. The monoisotopic (exact) mass is 324 g/mol. The van der Waals surface area contributed by atoms with Crippen molar-refractivity contribution in [2.75, 3.05) is 14.1 Å². The molecule has 0 unspecified atom stereocenters. The maximum atomic E-state index is 12.9. The summed E-state index contributed by atoms with van der Waals surface area (Å²) in [6.07, 6.45) is 0. The fourth-order valence-electron chi connectivity index (χ4n) is 2.71. The SMILES string of the molecule is CNC(=O)c1ccc(CN(C)C(=O)C(C)(C)c2ccccc2)cc1. The van der Waals surface area contributed by atoms with E-state index in [1.807, 2.05) is 56.3 Å². The van der Waals surface area contributed by atoms with Crippen LogP contribution in [0.4, 0.5) is 0 Å². The van der Waals surface area contributed by atoms with E-state index in [9.17, 15) is 9.59 Å². The van der Waals surface area contributed by atoms with Crippen LogP contribution in [-0.4, -0.2) is 30.8 Å². The zero-order valence-corrected chi connectivity index (χ0v) is 14.7. The van der Waals surface area contributed by atoms with Gasteiger partial charge in [0, 0.05) is 26.2 Å². The molecule has 2 aromatic rings. The number of carbonyl (C=O) groups excluding carboxylic acids is 2. The summed E-state index contributed by atoms with van der Waals surface area (Å²) < 4.78 is 0. The lowest BCUT2D eigenvalue weighted by atomic mass is 9.83. The molecule has 0 bridgehead atoms. The highest BCUT2D eigenvalue weighted by molar-refractivity contribution is 5.94. The molecule has 126 valence electrons. The molecule has 2 amide bonds. The van der Waals surface area contributed by atoms with E-state index in [0.29, 0.717) is 12.1 Å². The summed E-state index contributed by atoms with van der Waals surface area (Å²) in [6, 6.07) is 17.1. The van der Waals surface area contributed by atoms with E-state index in [2.05, 4.69) is 5.32 Å². The summed E-state index contributed by atoms with van der Waals surface area (Å²) in [5.74, 6) is -0.0553. The summed E-state index contributed by atoms with van der Waals surface area (Å²) in [4.78, 5) is 26.1. The number of nitrogens with one attached hydrogen (secondary N) is 1. The van der Waals surface area contributed by atoms with Crippen molar-refractivity contribution in [2.24, 2.45) is 0 Å². The normalized spacial score (nSPS) is 11.0. The molecule has 0 aliphatic rings. The van der Waals surface area contributed by atoms with Gasteiger partial charge in [-0.1, -0.05) is 42.5 Å². The molecule has 4 heteroatoms. The van der Waals surface area contributed by atoms with Gasteiger partial charge in [-0.3, -0.25) is 9.59 Å². The Hall–Kier alpha value is -2.62. The van der Waals surface area contributed by atoms with Crippen molar-refractivity contribution in [3.05, 3.63) is 71.3 Å². The largest absolute Gasteiger partial charge is 0.355 e. The van der Waals surface area contributed by atoms with E-state index in [-0.39, 0.29) is 11.8 Å². The van der Waals surface area contributed by atoms with Crippen LogP contribution < -0.4 is 5.32 Å². The van der Waals surface area contributed by atoms with Crippen molar-refractivity contribution in [1.82, 2.24) is 10.2 Å². The number of benzene rings is 2. The third-order valence-electron chi connectivity index (χ3n) is 4.24. The Morgan fingerprint density at radius 3 is 2.12 bits per heavy atom. The first-order valence-electron chi connectivity index (χ1n) is 7.98. The lowest BCUT2D eigenvalue weighted by Gasteiger charge is -2.30. The molecule has 0 spiro atoms. The molecule has 0 radical (unpaired) electrons. The Bertz CT molecular complexity index is 706. The van der Waals surface area contributed by atoms with Gasteiger partial charge >= 0.3 is 0 Å². The number of carbonyl (C=O) groups is 2. The molecule has 0 heterocycles. The first kappa shape index (κ1) is 17.7. The van der Waals surface area contributed by atoms with E-state index >= 15 is 0 Å². The average Bonchev–Trinajstić information content (AvgIpc) is 2.61. The van der Waals surface area contributed by atoms with Crippen LogP contribution in [0.15, 0.2) is 54.6 Å². The Labute approximate surface area is 143 Å². The van der Waals surface area contributed by atoms with Crippen molar-refractivity contribution in [3.8, 4) is 0 Å². The zero-order valence-electron chi connectivity index (χ0n) is 14.7. The number of hydrogen-bond donors (Lipinski definition) is 1. The van der Waals surface area contributed by atoms with Gasteiger partial charge in [0.1, 0.15) is 0 Å². The Kier molecular flexibility index (Phi) is 5.39. The summed E-state index contributed by atoms with van der Waals surface area (Å²) >= 11 is 0. The second-order valence-corrected chi connectivity index (χ2v) is 6.43. The third kappa shape index (κ3) is 3.82. The lowest BCUT2D eigenvalue weighted by Crippen LogP contribution is -2.40. The van der Waals surface area contributed by atoms with Gasteiger partial charge in [0.15, 0.2) is 0 Å². The molecule has 0 atom stereocenters. The topological polar surface area (TPSA) is 49.4 Å². The number of rotatable bonds is 5. The Morgan fingerprint density at radius 1 is 1.00 bits per heavy atom. The van der Waals surface area contributed by atoms with Gasteiger partial charge in [-0.15, -0.1) is 0 Å². The second kappa shape index (κ2) is 7.30. The van der Waals surface area contributed by atoms with Gasteiger partial charge in [-0.05, 0) is 37.1 Å². The van der Waals surface area contributed by atoms with Crippen LogP contribution in [0.25, 0.3) is 0 Å². The van der Waals surface area contributed by atoms with Crippen molar-refractivity contribution in [3.63, 3.8) is 0 Å². The molecule has 2 aromatic carbocycles. The van der Waals surface area contributed by atoms with Crippen LogP contribution in [0.3, 0.4) is 0 Å². The van der Waals surface area contributed by atoms with E-state index in [4.69, 9.17) is 0 Å². The molecule has 0 saturated heterocycles. The molecule has 24 heavy (non-hydrogen) atoms. The standard InChI is InChI=1S/C20H24N2O2/c1-20(2,17-8-6-5-7-9-17)19(24)22(4)14-15-10-12-16(13-11-15)18(23)21-3/h5-13H,14H2,1-4H3,(H,21,23). The summed E-state index contributed by atoms with van der Waals surface area (Å²) in [7, 11) is 3.41. The third-order valence-corrected chi connectivity index (χ3v) is 4.24. The van der Waals surface area contributed by atoms with Crippen LogP contribution in [0, 0.1) is 0 Å². The van der Waals surface area contributed by atoms with Crippen molar-refractivity contribution < 1.29 is 9.59 Å². The quantitative estimate of drug-likeness (QED) is 0.919. The first-order valence-corrected chi connectivity index (χ1v) is 7.98. The van der Waals surface area contributed by atoms with Gasteiger partial charge in [-0.2, -0.15) is 0 Å². The van der Waals surface area contributed by atoms with E-state index in [0.717, 1.165) is 11.1 Å². The highest BCUT2D eigenvalue weighted by Crippen LogP contribution is 2.25. The molecular formula is C20H24N2O2. The molecule has 1 N–H and O–H groups in total. The van der Waals surface area contributed by atoms with Crippen molar-refractivity contribution >= 4 is 11.8 Å². The Morgan fingerprint density at radius 2 is 1.58 bits per heavy atom. The predicted octanol–water partition coefficient (Wildman–Crippen LogP) is 2.98. The molecular weight excluding hydrogens is 300 g/mol. The predicted molar refractivity (Wildman–Crippen MR) is 95.8 cm³/mol. The summed E-state index contributed by atoms with van der Waals surface area (Å²) in [6.45, 7) is 4.38. The minimum atomic E-state index is -0.585. The van der Waals surface area contributed by atoms with Crippen LogP contribution in [0.5, 0.6) is 0 Å². The second-order valence-electron chi connectivity index (χ2n) is 6.43. The van der Waals surface area contributed by atoms with Crippen LogP contribution >= 0.6 is 0 Å². The number of likely N-dealkylation sites (N-methyl/N-ethyl adjacent to an activating group) is 1. The van der Waals surface area contributed by atoms with Crippen molar-refractivity contribution in [2.45, 2.75) is 25.8 Å². The van der Waals surface area contributed by atoms with E-state index in [1.165, 1.54) is 0 Å². The first-order chi connectivity index (χ1) is 11.4. The molecule has 4 nitrogen and oxygen atoms in total. The Balaban J connectivity index is 2.10. The highest BCUT2D eigenvalue weighted by Gasteiger charge is 2.32. The van der Waals surface area contributed by atoms with Gasteiger partial charge in [0.2, 0.25) is 5.91 Å². The van der Waals surface area contributed by atoms with E-state index < -0.39 is 5.41 Å². The zero-order chi connectivity index (χ0) is 17.7. The van der Waals surface area contributed by atoms with Crippen LogP contribution in [0.1, 0.15) is 35.3 Å². The van der Waals surface area contributed by atoms with Gasteiger partial charge < -0.3 is 10.2 Å².